The van der Waals surface area contributed by atoms with Crippen molar-refractivity contribution in [1.82, 2.24) is 4.98 Å². The molecule has 0 bridgehead atoms. The third kappa shape index (κ3) is 2.12. The average Bonchev–Trinajstić information content (AvgIpc) is 2.30. The van der Waals surface area contributed by atoms with Gasteiger partial charge in [0.1, 0.15) is 11.6 Å². The van der Waals surface area contributed by atoms with E-state index in [0.29, 0.717) is 0 Å². The Morgan fingerprint density at radius 2 is 2.14 bits per heavy atom. The standard InChI is InChI=1S/C10H15N3S/c1-11-9-3-2-4-10(12-9)13-5-7-14-8-6-13/h2-4H,5-8H2,1H3,(H,11,12). The van der Waals surface area contributed by atoms with E-state index in [-0.39, 0.29) is 0 Å². The molecule has 2 rings (SSSR count). The van der Waals surface area contributed by atoms with Gasteiger partial charge in [0.2, 0.25) is 0 Å². The summed E-state index contributed by atoms with van der Waals surface area (Å²) in [5.74, 6) is 4.47. The summed E-state index contributed by atoms with van der Waals surface area (Å²) in [5, 5.41) is 3.06. The van der Waals surface area contributed by atoms with Gasteiger partial charge in [0.15, 0.2) is 0 Å². The molecule has 3 nitrogen and oxygen atoms in total. The first-order chi connectivity index (χ1) is 6.90. The highest BCUT2D eigenvalue weighted by Gasteiger charge is 2.11. The Morgan fingerprint density at radius 3 is 2.86 bits per heavy atom. The van der Waals surface area contributed by atoms with E-state index < -0.39 is 0 Å². The molecule has 1 aromatic heterocycles. The molecule has 0 saturated carbocycles. The molecule has 14 heavy (non-hydrogen) atoms. The lowest BCUT2D eigenvalue weighted by Crippen LogP contribution is -2.33. The van der Waals surface area contributed by atoms with E-state index in [1.165, 1.54) is 11.5 Å². The van der Waals surface area contributed by atoms with Crippen LogP contribution in [0.4, 0.5) is 11.6 Å². The number of thioether (sulfide) groups is 1. The Kier molecular flexibility index (Phi) is 3.14. The average molecular weight is 209 g/mol. The van der Waals surface area contributed by atoms with Crippen LogP contribution in [0.3, 0.4) is 0 Å². The van der Waals surface area contributed by atoms with Gasteiger partial charge in [0, 0.05) is 31.6 Å². The van der Waals surface area contributed by atoms with Gasteiger partial charge in [0.05, 0.1) is 0 Å². The molecule has 0 aliphatic carbocycles. The molecule has 1 fully saturated rings. The largest absolute Gasteiger partial charge is 0.373 e. The zero-order chi connectivity index (χ0) is 9.80. The SMILES string of the molecule is CNc1cccc(N2CCSCC2)n1. The normalized spacial score (nSPS) is 16.8. The van der Waals surface area contributed by atoms with Crippen molar-refractivity contribution >= 4 is 23.4 Å². The first kappa shape index (κ1) is 9.65. The highest BCUT2D eigenvalue weighted by molar-refractivity contribution is 7.99. The monoisotopic (exact) mass is 209 g/mol. The second kappa shape index (κ2) is 4.55. The van der Waals surface area contributed by atoms with Gasteiger partial charge in [-0.1, -0.05) is 6.07 Å². The summed E-state index contributed by atoms with van der Waals surface area (Å²) in [6, 6.07) is 6.12. The van der Waals surface area contributed by atoms with Crippen molar-refractivity contribution in [1.29, 1.82) is 0 Å². The molecule has 2 heterocycles. The quantitative estimate of drug-likeness (QED) is 0.802. The Bertz CT molecular complexity index is 297. The Hall–Kier alpha value is -0.900. The molecule has 0 unspecified atom stereocenters. The lowest BCUT2D eigenvalue weighted by atomic mass is 10.4. The second-order valence-corrected chi connectivity index (χ2v) is 4.46. The van der Waals surface area contributed by atoms with E-state index in [9.17, 15) is 0 Å². The van der Waals surface area contributed by atoms with Crippen molar-refractivity contribution in [3.8, 4) is 0 Å². The van der Waals surface area contributed by atoms with Crippen LogP contribution in [0.5, 0.6) is 0 Å². The molecule has 1 aromatic rings. The van der Waals surface area contributed by atoms with E-state index in [4.69, 9.17) is 0 Å². The minimum absolute atomic E-state index is 0.945. The molecule has 0 atom stereocenters. The summed E-state index contributed by atoms with van der Waals surface area (Å²) in [7, 11) is 1.90. The Balaban J connectivity index is 2.13. The predicted octanol–water partition coefficient (Wildman–Crippen LogP) is 1.68. The van der Waals surface area contributed by atoms with Crippen LogP contribution < -0.4 is 10.2 Å². The topological polar surface area (TPSA) is 28.2 Å². The van der Waals surface area contributed by atoms with Gasteiger partial charge >= 0.3 is 0 Å². The van der Waals surface area contributed by atoms with E-state index in [1.54, 1.807) is 0 Å². The molecule has 0 spiro atoms. The molecule has 4 heteroatoms. The minimum atomic E-state index is 0.945. The van der Waals surface area contributed by atoms with Crippen molar-refractivity contribution in [2.24, 2.45) is 0 Å². The fourth-order valence-corrected chi connectivity index (χ4v) is 2.43. The molecule has 0 radical (unpaired) electrons. The van der Waals surface area contributed by atoms with Crippen LogP contribution in [0.2, 0.25) is 0 Å². The van der Waals surface area contributed by atoms with Gasteiger partial charge < -0.3 is 10.2 Å². The van der Waals surface area contributed by atoms with Gasteiger partial charge in [-0.25, -0.2) is 4.98 Å². The van der Waals surface area contributed by atoms with Crippen molar-refractivity contribution in [3.63, 3.8) is 0 Å². The fraction of sp³-hybridized carbons (Fsp3) is 0.500. The third-order valence-electron chi connectivity index (χ3n) is 2.33. The zero-order valence-corrected chi connectivity index (χ0v) is 9.18. The first-order valence-corrected chi connectivity index (χ1v) is 6.03. The highest BCUT2D eigenvalue weighted by Crippen LogP contribution is 2.18. The molecule has 1 N–H and O–H groups in total. The summed E-state index contributed by atoms with van der Waals surface area (Å²) >= 11 is 2.02. The van der Waals surface area contributed by atoms with Crippen molar-refractivity contribution < 1.29 is 0 Å². The number of rotatable bonds is 2. The second-order valence-electron chi connectivity index (χ2n) is 3.23. The first-order valence-electron chi connectivity index (χ1n) is 4.87. The van der Waals surface area contributed by atoms with Gasteiger partial charge in [-0.15, -0.1) is 0 Å². The van der Waals surface area contributed by atoms with Gasteiger partial charge in [-0.2, -0.15) is 11.8 Å². The van der Waals surface area contributed by atoms with Gasteiger partial charge in [-0.05, 0) is 12.1 Å². The Morgan fingerprint density at radius 1 is 1.36 bits per heavy atom. The van der Waals surface area contributed by atoms with Crippen LogP contribution >= 0.6 is 11.8 Å². The number of pyridine rings is 1. The van der Waals surface area contributed by atoms with Crippen LogP contribution in [0.1, 0.15) is 0 Å². The molecule has 1 aliphatic heterocycles. The van der Waals surface area contributed by atoms with E-state index in [1.807, 2.05) is 24.9 Å². The number of hydrogen-bond acceptors (Lipinski definition) is 4. The molecular weight excluding hydrogens is 194 g/mol. The molecule has 1 aliphatic rings. The molecule has 76 valence electrons. The summed E-state index contributed by atoms with van der Waals surface area (Å²) in [4.78, 5) is 6.87. The van der Waals surface area contributed by atoms with Crippen LogP contribution in [0.15, 0.2) is 18.2 Å². The van der Waals surface area contributed by atoms with E-state index in [0.717, 1.165) is 24.7 Å². The number of nitrogens with one attached hydrogen (secondary N) is 1. The van der Waals surface area contributed by atoms with Crippen molar-refractivity contribution in [3.05, 3.63) is 18.2 Å². The van der Waals surface area contributed by atoms with Crippen LogP contribution in [-0.4, -0.2) is 36.6 Å². The van der Waals surface area contributed by atoms with Crippen LogP contribution in [-0.2, 0) is 0 Å². The maximum absolute atomic E-state index is 4.52. The summed E-state index contributed by atoms with van der Waals surface area (Å²) in [6.45, 7) is 2.23. The summed E-state index contributed by atoms with van der Waals surface area (Å²) in [6.07, 6.45) is 0. The molecule has 0 amide bonds. The number of nitrogens with zero attached hydrogens (tertiary/aromatic N) is 2. The predicted molar refractivity (Wildman–Crippen MR) is 63.3 cm³/mol. The Labute approximate surface area is 88.9 Å². The molecule has 0 aromatic carbocycles. The molecule has 1 saturated heterocycles. The third-order valence-corrected chi connectivity index (χ3v) is 3.27. The summed E-state index contributed by atoms with van der Waals surface area (Å²) in [5.41, 5.74) is 0. The van der Waals surface area contributed by atoms with Gasteiger partial charge in [-0.3, -0.25) is 0 Å². The fourth-order valence-electron chi connectivity index (χ4n) is 1.53. The maximum atomic E-state index is 4.52. The molecular formula is C10H15N3S. The number of hydrogen-bond donors (Lipinski definition) is 1. The lowest BCUT2D eigenvalue weighted by Gasteiger charge is -2.27. The van der Waals surface area contributed by atoms with Crippen molar-refractivity contribution in [2.75, 3.05) is 41.9 Å². The zero-order valence-electron chi connectivity index (χ0n) is 8.36. The maximum Gasteiger partial charge on any atom is 0.131 e. The van der Waals surface area contributed by atoms with Crippen molar-refractivity contribution in [2.45, 2.75) is 0 Å². The van der Waals surface area contributed by atoms with E-state index in [2.05, 4.69) is 27.3 Å². The van der Waals surface area contributed by atoms with E-state index >= 15 is 0 Å². The number of aromatic nitrogens is 1. The number of anilines is 2. The minimum Gasteiger partial charge on any atom is -0.373 e. The lowest BCUT2D eigenvalue weighted by molar-refractivity contribution is 0.840. The van der Waals surface area contributed by atoms with Crippen LogP contribution in [0, 0.1) is 0 Å². The highest BCUT2D eigenvalue weighted by atomic mass is 32.2. The van der Waals surface area contributed by atoms with Crippen LogP contribution in [0.25, 0.3) is 0 Å². The summed E-state index contributed by atoms with van der Waals surface area (Å²) < 4.78 is 0. The smallest absolute Gasteiger partial charge is 0.131 e. The van der Waals surface area contributed by atoms with Gasteiger partial charge in [0.25, 0.3) is 0 Å².